The zero-order valence-electron chi connectivity index (χ0n) is 9.86. The molecule has 2 aromatic heterocycles. The lowest BCUT2D eigenvalue weighted by atomic mass is 10.0. The highest BCUT2D eigenvalue weighted by Gasteiger charge is 2.21. The predicted molar refractivity (Wildman–Crippen MR) is 71.7 cm³/mol. The standard InChI is InChI=1S/C13H7BrF2N2O2/c14-12-9(1-2-19-12)11-10(13(17)20-18-11)6-3-7(15)5-8(16)4-6/h1-5H,17H2. The molecule has 0 saturated heterocycles. The summed E-state index contributed by atoms with van der Waals surface area (Å²) in [6.45, 7) is 0. The number of aromatic nitrogens is 1. The van der Waals surface area contributed by atoms with Crippen molar-refractivity contribution in [1.29, 1.82) is 0 Å². The molecule has 0 bridgehead atoms. The van der Waals surface area contributed by atoms with Crippen molar-refractivity contribution < 1.29 is 17.7 Å². The van der Waals surface area contributed by atoms with E-state index in [1.807, 2.05) is 0 Å². The Hall–Kier alpha value is -2.15. The van der Waals surface area contributed by atoms with Crippen LogP contribution in [0.25, 0.3) is 22.4 Å². The van der Waals surface area contributed by atoms with Crippen molar-refractivity contribution in [2.45, 2.75) is 0 Å². The van der Waals surface area contributed by atoms with Gasteiger partial charge in [-0.2, -0.15) is 0 Å². The lowest BCUT2D eigenvalue weighted by Crippen LogP contribution is -1.90. The van der Waals surface area contributed by atoms with E-state index in [4.69, 9.17) is 14.7 Å². The number of benzene rings is 1. The van der Waals surface area contributed by atoms with Crippen LogP contribution in [0.2, 0.25) is 0 Å². The molecule has 20 heavy (non-hydrogen) atoms. The van der Waals surface area contributed by atoms with Gasteiger partial charge in [-0.25, -0.2) is 8.78 Å². The van der Waals surface area contributed by atoms with Gasteiger partial charge in [0.2, 0.25) is 5.88 Å². The highest BCUT2D eigenvalue weighted by molar-refractivity contribution is 9.10. The number of halogens is 3. The van der Waals surface area contributed by atoms with Crippen molar-refractivity contribution in [3.63, 3.8) is 0 Å². The molecule has 0 aliphatic carbocycles. The van der Waals surface area contributed by atoms with E-state index in [0.717, 1.165) is 18.2 Å². The maximum Gasteiger partial charge on any atom is 0.230 e. The fraction of sp³-hybridized carbons (Fsp3) is 0. The third-order valence-corrected chi connectivity index (χ3v) is 3.36. The normalized spacial score (nSPS) is 10.9. The molecule has 3 rings (SSSR count). The topological polar surface area (TPSA) is 65.2 Å². The quantitative estimate of drug-likeness (QED) is 0.758. The van der Waals surface area contributed by atoms with E-state index in [1.54, 1.807) is 6.07 Å². The summed E-state index contributed by atoms with van der Waals surface area (Å²) in [5, 5.41) is 3.82. The van der Waals surface area contributed by atoms with Gasteiger partial charge in [0.25, 0.3) is 0 Å². The molecule has 0 radical (unpaired) electrons. The molecular formula is C13H7BrF2N2O2. The Morgan fingerprint density at radius 2 is 1.85 bits per heavy atom. The van der Waals surface area contributed by atoms with Crippen molar-refractivity contribution in [3.8, 4) is 22.4 Å². The Labute approximate surface area is 120 Å². The third kappa shape index (κ3) is 2.09. The van der Waals surface area contributed by atoms with Crippen LogP contribution >= 0.6 is 15.9 Å². The average Bonchev–Trinajstić information content (AvgIpc) is 2.93. The number of hydrogen-bond donors (Lipinski definition) is 1. The highest BCUT2D eigenvalue weighted by atomic mass is 79.9. The Morgan fingerprint density at radius 1 is 1.15 bits per heavy atom. The Bertz CT molecular complexity index is 762. The smallest absolute Gasteiger partial charge is 0.230 e. The second kappa shape index (κ2) is 4.75. The maximum absolute atomic E-state index is 13.3. The Balaban J connectivity index is 2.24. The summed E-state index contributed by atoms with van der Waals surface area (Å²) in [4.78, 5) is 0. The first-order chi connectivity index (χ1) is 9.56. The largest absolute Gasteiger partial charge is 0.457 e. The van der Waals surface area contributed by atoms with Crippen LogP contribution in [-0.2, 0) is 0 Å². The fourth-order valence-corrected chi connectivity index (χ4v) is 2.35. The molecule has 2 N–H and O–H groups in total. The van der Waals surface area contributed by atoms with Crippen LogP contribution in [-0.4, -0.2) is 5.16 Å². The van der Waals surface area contributed by atoms with Crippen molar-refractivity contribution >= 4 is 21.8 Å². The van der Waals surface area contributed by atoms with E-state index >= 15 is 0 Å². The van der Waals surface area contributed by atoms with E-state index < -0.39 is 11.6 Å². The molecule has 7 heteroatoms. The zero-order valence-corrected chi connectivity index (χ0v) is 11.4. The second-order valence-corrected chi connectivity index (χ2v) is 4.76. The van der Waals surface area contributed by atoms with Gasteiger partial charge < -0.3 is 14.7 Å². The molecule has 0 fully saturated rings. The number of nitrogens with two attached hydrogens (primary N) is 1. The van der Waals surface area contributed by atoms with E-state index in [0.29, 0.717) is 21.5 Å². The number of furan rings is 1. The maximum atomic E-state index is 13.3. The van der Waals surface area contributed by atoms with Crippen molar-refractivity contribution in [2.24, 2.45) is 0 Å². The molecule has 1 aromatic carbocycles. The Morgan fingerprint density at radius 3 is 2.45 bits per heavy atom. The van der Waals surface area contributed by atoms with E-state index in [9.17, 15) is 8.78 Å². The van der Waals surface area contributed by atoms with Gasteiger partial charge in [0.05, 0.1) is 17.4 Å². The molecule has 0 amide bonds. The lowest BCUT2D eigenvalue weighted by Gasteiger charge is -2.02. The molecule has 3 aromatic rings. The fourth-order valence-electron chi connectivity index (χ4n) is 1.93. The summed E-state index contributed by atoms with van der Waals surface area (Å²) < 4.78 is 37.2. The first kappa shape index (κ1) is 12.9. The lowest BCUT2D eigenvalue weighted by molar-refractivity contribution is 0.439. The summed E-state index contributed by atoms with van der Waals surface area (Å²) in [5.41, 5.74) is 7.18. The molecule has 2 heterocycles. The van der Waals surface area contributed by atoms with Crippen molar-refractivity contribution in [3.05, 3.63) is 46.8 Å². The van der Waals surface area contributed by atoms with E-state index in [2.05, 4.69) is 21.1 Å². The minimum Gasteiger partial charge on any atom is -0.457 e. The zero-order chi connectivity index (χ0) is 14.3. The van der Waals surface area contributed by atoms with Gasteiger partial charge in [0.1, 0.15) is 17.3 Å². The molecule has 0 saturated carbocycles. The second-order valence-electron chi connectivity index (χ2n) is 4.04. The van der Waals surface area contributed by atoms with Crippen LogP contribution < -0.4 is 5.73 Å². The molecule has 0 unspecified atom stereocenters. The predicted octanol–water partition coefficient (Wildman–Crippen LogP) is 4.22. The molecule has 0 atom stereocenters. The van der Waals surface area contributed by atoms with Crippen LogP contribution in [0.3, 0.4) is 0 Å². The molecule has 0 spiro atoms. The summed E-state index contributed by atoms with van der Waals surface area (Å²) in [7, 11) is 0. The van der Waals surface area contributed by atoms with E-state index in [1.165, 1.54) is 6.26 Å². The monoisotopic (exact) mass is 340 g/mol. The van der Waals surface area contributed by atoms with E-state index in [-0.39, 0.29) is 11.4 Å². The summed E-state index contributed by atoms with van der Waals surface area (Å²) in [6.07, 6.45) is 1.44. The minimum absolute atomic E-state index is 0.0295. The van der Waals surface area contributed by atoms with Crippen molar-refractivity contribution in [1.82, 2.24) is 5.16 Å². The third-order valence-electron chi connectivity index (χ3n) is 2.74. The van der Waals surface area contributed by atoms with Crippen LogP contribution in [0, 0.1) is 11.6 Å². The van der Waals surface area contributed by atoms with Crippen LogP contribution in [0.4, 0.5) is 14.7 Å². The van der Waals surface area contributed by atoms with Gasteiger partial charge in [-0.05, 0) is 39.7 Å². The van der Waals surface area contributed by atoms with Gasteiger partial charge in [-0.3, -0.25) is 0 Å². The molecule has 4 nitrogen and oxygen atoms in total. The summed E-state index contributed by atoms with van der Waals surface area (Å²) in [5.74, 6) is -1.45. The van der Waals surface area contributed by atoms with Crippen LogP contribution in [0.1, 0.15) is 0 Å². The number of nitrogens with zero attached hydrogens (tertiary/aromatic N) is 1. The van der Waals surface area contributed by atoms with Crippen LogP contribution in [0.5, 0.6) is 0 Å². The SMILES string of the molecule is Nc1onc(-c2ccoc2Br)c1-c1cc(F)cc(F)c1. The van der Waals surface area contributed by atoms with Gasteiger partial charge in [-0.15, -0.1) is 0 Å². The van der Waals surface area contributed by atoms with Gasteiger partial charge >= 0.3 is 0 Å². The molecule has 0 aliphatic heterocycles. The summed E-state index contributed by atoms with van der Waals surface area (Å²) >= 11 is 3.21. The number of anilines is 1. The highest BCUT2D eigenvalue weighted by Crippen LogP contribution is 2.39. The Kier molecular flexibility index (Phi) is 3.06. The number of nitrogen functional groups attached to an aromatic ring is 1. The van der Waals surface area contributed by atoms with Crippen LogP contribution in [0.15, 0.2) is 44.1 Å². The van der Waals surface area contributed by atoms with Gasteiger partial charge in [0, 0.05) is 6.07 Å². The molecular weight excluding hydrogens is 334 g/mol. The first-order valence-electron chi connectivity index (χ1n) is 5.51. The van der Waals surface area contributed by atoms with Gasteiger partial charge in [0.15, 0.2) is 4.67 Å². The summed E-state index contributed by atoms with van der Waals surface area (Å²) in [6, 6.07) is 4.73. The van der Waals surface area contributed by atoms with Crippen molar-refractivity contribution in [2.75, 3.05) is 5.73 Å². The first-order valence-corrected chi connectivity index (χ1v) is 6.30. The van der Waals surface area contributed by atoms with Gasteiger partial charge in [-0.1, -0.05) is 5.16 Å². The molecule has 0 aliphatic rings. The number of hydrogen-bond acceptors (Lipinski definition) is 4. The average molecular weight is 341 g/mol. The molecule has 102 valence electrons. The number of rotatable bonds is 2. The minimum atomic E-state index is -0.710.